The molecule has 0 saturated carbocycles. The predicted molar refractivity (Wildman–Crippen MR) is 84.7 cm³/mol. The quantitative estimate of drug-likeness (QED) is 0.858. The molecule has 1 aliphatic heterocycles. The summed E-state index contributed by atoms with van der Waals surface area (Å²) in [7, 11) is -1.21. The fourth-order valence-electron chi connectivity index (χ4n) is 2.63. The van der Waals surface area contributed by atoms with Crippen molar-refractivity contribution in [2.75, 3.05) is 44.0 Å². The molecule has 1 N–H and O–H groups in total. The number of sulfone groups is 1. The lowest BCUT2D eigenvalue weighted by Crippen LogP contribution is -2.50. The Balaban J connectivity index is 2.17. The number of ether oxygens (including phenoxy) is 1. The Labute approximate surface area is 127 Å². The van der Waals surface area contributed by atoms with Crippen LogP contribution < -0.4 is 10.2 Å². The molecule has 1 aromatic carbocycles. The predicted octanol–water partition coefficient (Wildman–Crippen LogP) is 1.29. The highest BCUT2D eigenvalue weighted by molar-refractivity contribution is 7.91. The first-order valence-corrected chi connectivity index (χ1v) is 9.05. The molecule has 0 radical (unpaired) electrons. The Morgan fingerprint density at radius 3 is 2.67 bits per heavy atom. The van der Waals surface area contributed by atoms with E-state index in [-0.39, 0.29) is 11.8 Å². The van der Waals surface area contributed by atoms with E-state index in [9.17, 15) is 8.42 Å². The van der Waals surface area contributed by atoms with E-state index in [4.69, 9.17) is 4.74 Å². The van der Waals surface area contributed by atoms with Gasteiger partial charge in [0.15, 0.2) is 9.84 Å². The van der Waals surface area contributed by atoms with Crippen LogP contribution in [-0.4, -0.2) is 53.6 Å². The van der Waals surface area contributed by atoms with Crippen LogP contribution in [0.2, 0.25) is 0 Å². The highest BCUT2D eigenvalue weighted by Gasteiger charge is 2.23. The van der Waals surface area contributed by atoms with Crippen LogP contribution in [0.25, 0.3) is 0 Å². The first-order valence-electron chi connectivity index (χ1n) is 7.40. The summed E-state index contributed by atoms with van der Waals surface area (Å²) in [5.74, 6) is 0.201. The van der Waals surface area contributed by atoms with Crippen LogP contribution in [0.15, 0.2) is 29.2 Å². The van der Waals surface area contributed by atoms with Crippen molar-refractivity contribution < 1.29 is 13.2 Å². The van der Waals surface area contributed by atoms with Crippen molar-refractivity contribution in [2.24, 2.45) is 0 Å². The van der Waals surface area contributed by atoms with Gasteiger partial charge in [-0.05, 0) is 37.7 Å². The van der Waals surface area contributed by atoms with Crippen LogP contribution in [0.4, 0.5) is 5.69 Å². The lowest BCUT2D eigenvalue weighted by Gasteiger charge is -2.37. The Bertz CT molecular complexity index is 541. The summed E-state index contributed by atoms with van der Waals surface area (Å²) in [4.78, 5) is 2.68. The van der Waals surface area contributed by atoms with Crippen molar-refractivity contribution in [3.8, 4) is 0 Å². The summed E-state index contributed by atoms with van der Waals surface area (Å²) in [5, 5.41) is 3.17. The first kappa shape index (κ1) is 16.3. The number of anilines is 1. The van der Waals surface area contributed by atoms with Crippen molar-refractivity contribution >= 4 is 15.5 Å². The Morgan fingerprint density at radius 1 is 1.33 bits per heavy atom. The minimum atomic E-state index is -3.14. The zero-order valence-corrected chi connectivity index (χ0v) is 13.5. The van der Waals surface area contributed by atoms with E-state index in [1.54, 1.807) is 12.1 Å². The van der Waals surface area contributed by atoms with Gasteiger partial charge in [-0.3, -0.25) is 0 Å². The molecule has 0 aliphatic carbocycles. The number of likely N-dealkylation sites (N-methyl/N-ethyl adjacent to an activating group) is 1. The number of hydrogen-bond acceptors (Lipinski definition) is 5. The second-order valence-corrected chi connectivity index (χ2v) is 7.40. The molecule has 1 atom stereocenters. The monoisotopic (exact) mass is 312 g/mol. The zero-order chi connectivity index (χ0) is 15.3. The van der Waals surface area contributed by atoms with Crippen LogP contribution in [-0.2, 0) is 14.6 Å². The van der Waals surface area contributed by atoms with Gasteiger partial charge in [0.05, 0.1) is 29.9 Å². The number of nitrogens with one attached hydrogen (secondary N) is 1. The Kier molecular flexibility index (Phi) is 5.61. The zero-order valence-electron chi connectivity index (χ0n) is 12.7. The van der Waals surface area contributed by atoms with Crippen LogP contribution >= 0.6 is 0 Å². The molecular formula is C15H24N2O3S. The number of nitrogens with zero attached hydrogens (tertiary/aromatic N) is 1. The SMILES string of the molecule is CCCS(=O)(=O)c1ccc(N2CCOCC2CNC)cc1. The molecule has 118 valence electrons. The second-order valence-electron chi connectivity index (χ2n) is 5.29. The number of hydrogen-bond donors (Lipinski definition) is 1. The van der Waals surface area contributed by atoms with Crippen LogP contribution in [0.5, 0.6) is 0 Å². The number of rotatable bonds is 6. The van der Waals surface area contributed by atoms with Gasteiger partial charge in [-0.1, -0.05) is 6.92 Å². The van der Waals surface area contributed by atoms with Crippen molar-refractivity contribution in [3.63, 3.8) is 0 Å². The standard InChI is InChI=1S/C15H24N2O3S/c1-3-10-21(18,19)15-6-4-13(5-7-15)17-8-9-20-12-14(17)11-16-2/h4-7,14,16H,3,8-12H2,1-2H3. The van der Waals surface area contributed by atoms with E-state index in [0.717, 1.165) is 18.8 Å². The van der Waals surface area contributed by atoms with E-state index in [1.807, 2.05) is 26.1 Å². The van der Waals surface area contributed by atoms with E-state index >= 15 is 0 Å². The number of morpholine rings is 1. The molecule has 0 spiro atoms. The summed E-state index contributed by atoms with van der Waals surface area (Å²) in [6.07, 6.45) is 0.637. The van der Waals surface area contributed by atoms with Gasteiger partial charge < -0.3 is 15.0 Å². The molecular weight excluding hydrogens is 288 g/mol. The fourth-order valence-corrected chi connectivity index (χ4v) is 3.95. The van der Waals surface area contributed by atoms with E-state index in [2.05, 4.69) is 10.2 Å². The second kappa shape index (κ2) is 7.24. The summed E-state index contributed by atoms with van der Waals surface area (Å²) in [6, 6.07) is 7.51. The Hall–Kier alpha value is -1.11. The number of benzene rings is 1. The third-order valence-corrected chi connectivity index (χ3v) is 5.60. The minimum absolute atomic E-state index is 0.201. The molecule has 6 heteroatoms. The third kappa shape index (κ3) is 3.96. The molecule has 1 unspecified atom stereocenters. The van der Waals surface area contributed by atoms with E-state index in [1.165, 1.54) is 0 Å². The summed E-state index contributed by atoms with van der Waals surface area (Å²) in [5.41, 5.74) is 1.05. The molecule has 2 rings (SSSR count). The van der Waals surface area contributed by atoms with Crippen LogP contribution in [0.3, 0.4) is 0 Å². The van der Waals surface area contributed by atoms with Gasteiger partial charge in [-0.2, -0.15) is 0 Å². The van der Waals surface area contributed by atoms with Crippen LogP contribution in [0, 0.1) is 0 Å². The van der Waals surface area contributed by atoms with E-state index in [0.29, 0.717) is 24.5 Å². The maximum atomic E-state index is 12.0. The maximum Gasteiger partial charge on any atom is 0.178 e. The molecule has 21 heavy (non-hydrogen) atoms. The molecule has 1 fully saturated rings. The minimum Gasteiger partial charge on any atom is -0.377 e. The smallest absolute Gasteiger partial charge is 0.178 e. The fraction of sp³-hybridized carbons (Fsp3) is 0.600. The van der Waals surface area contributed by atoms with Crippen molar-refractivity contribution in [2.45, 2.75) is 24.3 Å². The highest BCUT2D eigenvalue weighted by Crippen LogP contribution is 2.22. The largest absolute Gasteiger partial charge is 0.377 e. The topological polar surface area (TPSA) is 58.6 Å². The lowest BCUT2D eigenvalue weighted by molar-refractivity contribution is 0.0943. The molecule has 1 aromatic rings. The molecule has 1 heterocycles. The Morgan fingerprint density at radius 2 is 2.05 bits per heavy atom. The molecule has 1 aliphatic rings. The van der Waals surface area contributed by atoms with Gasteiger partial charge in [0.2, 0.25) is 0 Å². The molecule has 0 amide bonds. The summed E-state index contributed by atoms with van der Waals surface area (Å²) < 4.78 is 29.6. The molecule has 5 nitrogen and oxygen atoms in total. The summed E-state index contributed by atoms with van der Waals surface area (Å²) in [6.45, 7) is 4.94. The van der Waals surface area contributed by atoms with Crippen molar-refractivity contribution in [1.82, 2.24) is 5.32 Å². The third-order valence-electron chi connectivity index (χ3n) is 3.67. The van der Waals surface area contributed by atoms with Crippen molar-refractivity contribution in [1.29, 1.82) is 0 Å². The van der Waals surface area contributed by atoms with Crippen molar-refractivity contribution in [3.05, 3.63) is 24.3 Å². The maximum absolute atomic E-state index is 12.0. The van der Waals surface area contributed by atoms with Gasteiger partial charge >= 0.3 is 0 Å². The summed E-state index contributed by atoms with van der Waals surface area (Å²) >= 11 is 0. The molecule has 1 saturated heterocycles. The van der Waals surface area contributed by atoms with Gasteiger partial charge in [0, 0.05) is 18.8 Å². The molecule has 0 bridgehead atoms. The average Bonchev–Trinajstić information content (AvgIpc) is 2.48. The average molecular weight is 312 g/mol. The normalized spacial score (nSPS) is 19.7. The van der Waals surface area contributed by atoms with Gasteiger partial charge in [0.25, 0.3) is 0 Å². The van der Waals surface area contributed by atoms with Gasteiger partial charge in [-0.25, -0.2) is 8.42 Å². The lowest BCUT2D eigenvalue weighted by atomic mass is 10.2. The first-order chi connectivity index (χ1) is 10.1. The molecule has 0 aromatic heterocycles. The van der Waals surface area contributed by atoms with Gasteiger partial charge in [0.1, 0.15) is 0 Å². The van der Waals surface area contributed by atoms with Gasteiger partial charge in [-0.15, -0.1) is 0 Å². The highest BCUT2D eigenvalue weighted by atomic mass is 32.2. The van der Waals surface area contributed by atoms with Crippen LogP contribution in [0.1, 0.15) is 13.3 Å². The van der Waals surface area contributed by atoms with E-state index < -0.39 is 9.84 Å².